The Morgan fingerprint density at radius 3 is 2.43 bits per heavy atom. The van der Waals surface area contributed by atoms with Gasteiger partial charge in [-0.2, -0.15) is 17.9 Å². The Kier molecular flexibility index (Phi) is 7.40. The molecule has 2 aromatic rings. The third-order valence-electron chi connectivity index (χ3n) is 3.62. The molecule has 8 nitrogen and oxygen atoms in total. The van der Waals surface area contributed by atoms with E-state index in [0.717, 1.165) is 12.1 Å². The molecule has 0 bridgehead atoms. The smallest absolute Gasteiger partial charge is 0.416 e. The first-order valence-corrected chi connectivity index (χ1v) is 9.76. The SMILES string of the molecule is COc1ccccc1NC(=O)COC(=O)CNS(=O)(=O)c1cccc(C(F)(F)F)c1. The van der Waals surface area contributed by atoms with E-state index >= 15 is 0 Å². The molecule has 0 aliphatic rings. The minimum atomic E-state index is -4.72. The first-order valence-electron chi connectivity index (χ1n) is 8.28. The van der Waals surface area contributed by atoms with E-state index in [1.54, 1.807) is 24.3 Å². The second-order valence-electron chi connectivity index (χ2n) is 5.76. The molecule has 0 aliphatic carbocycles. The zero-order valence-electron chi connectivity index (χ0n) is 15.5. The van der Waals surface area contributed by atoms with Gasteiger partial charge in [0, 0.05) is 0 Å². The van der Waals surface area contributed by atoms with Crippen molar-refractivity contribution in [3.63, 3.8) is 0 Å². The molecule has 12 heteroatoms. The zero-order chi connectivity index (χ0) is 22.4. The molecule has 0 heterocycles. The van der Waals surface area contributed by atoms with Crippen molar-refractivity contribution < 1.29 is 40.7 Å². The quantitative estimate of drug-likeness (QED) is 0.602. The highest BCUT2D eigenvalue weighted by molar-refractivity contribution is 7.89. The number of carbonyl (C=O) groups is 2. The number of halogens is 3. The van der Waals surface area contributed by atoms with Crippen LogP contribution in [0.5, 0.6) is 5.75 Å². The molecule has 0 spiro atoms. The molecule has 0 saturated carbocycles. The summed E-state index contributed by atoms with van der Waals surface area (Å²) >= 11 is 0. The third-order valence-corrected chi connectivity index (χ3v) is 5.02. The summed E-state index contributed by atoms with van der Waals surface area (Å²) in [6.07, 6.45) is -4.72. The third kappa shape index (κ3) is 6.46. The van der Waals surface area contributed by atoms with Gasteiger partial charge in [0.05, 0.1) is 23.3 Å². The van der Waals surface area contributed by atoms with E-state index in [9.17, 15) is 31.2 Å². The van der Waals surface area contributed by atoms with Crippen LogP contribution in [0.3, 0.4) is 0 Å². The number of amides is 1. The predicted octanol–water partition coefficient (Wildman–Crippen LogP) is 2.17. The van der Waals surface area contributed by atoms with Crippen LogP contribution in [0, 0.1) is 0 Å². The van der Waals surface area contributed by atoms with Crippen molar-refractivity contribution in [3.05, 3.63) is 54.1 Å². The Morgan fingerprint density at radius 2 is 1.77 bits per heavy atom. The van der Waals surface area contributed by atoms with Crippen molar-refractivity contribution in [2.24, 2.45) is 0 Å². The number of carbonyl (C=O) groups excluding carboxylic acids is 2. The van der Waals surface area contributed by atoms with Crippen LogP contribution in [-0.4, -0.2) is 40.6 Å². The highest BCUT2D eigenvalue weighted by Gasteiger charge is 2.31. The molecule has 0 saturated heterocycles. The van der Waals surface area contributed by atoms with E-state index in [1.807, 2.05) is 4.72 Å². The van der Waals surface area contributed by atoms with E-state index in [2.05, 4.69) is 10.1 Å². The van der Waals surface area contributed by atoms with Crippen LogP contribution in [0.1, 0.15) is 5.56 Å². The monoisotopic (exact) mass is 446 g/mol. The second-order valence-corrected chi connectivity index (χ2v) is 7.53. The van der Waals surface area contributed by atoms with Crippen LogP contribution in [0.25, 0.3) is 0 Å². The van der Waals surface area contributed by atoms with E-state index in [4.69, 9.17) is 4.74 Å². The van der Waals surface area contributed by atoms with E-state index in [1.165, 1.54) is 7.11 Å². The van der Waals surface area contributed by atoms with Gasteiger partial charge in [0.15, 0.2) is 6.61 Å². The van der Waals surface area contributed by atoms with Crippen molar-refractivity contribution in [1.29, 1.82) is 0 Å². The summed E-state index contributed by atoms with van der Waals surface area (Å²) in [5.74, 6) is -1.42. The highest BCUT2D eigenvalue weighted by atomic mass is 32.2. The van der Waals surface area contributed by atoms with Crippen LogP contribution < -0.4 is 14.8 Å². The lowest BCUT2D eigenvalue weighted by molar-refractivity contribution is -0.146. The largest absolute Gasteiger partial charge is 0.495 e. The second kappa shape index (κ2) is 9.59. The average molecular weight is 446 g/mol. The molecular formula is C18H17F3N2O6S. The van der Waals surface area contributed by atoms with E-state index in [-0.39, 0.29) is 0 Å². The maximum Gasteiger partial charge on any atom is 0.416 e. The number of hydrogen-bond acceptors (Lipinski definition) is 6. The van der Waals surface area contributed by atoms with Gasteiger partial charge in [-0.1, -0.05) is 18.2 Å². The summed E-state index contributed by atoms with van der Waals surface area (Å²) in [4.78, 5) is 22.9. The Morgan fingerprint density at radius 1 is 1.07 bits per heavy atom. The molecule has 0 radical (unpaired) electrons. The minimum absolute atomic E-state index is 0.339. The molecule has 2 rings (SSSR count). The Bertz CT molecular complexity index is 1020. The highest BCUT2D eigenvalue weighted by Crippen LogP contribution is 2.30. The molecule has 162 valence electrons. The molecule has 30 heavy (non-hydrogen) atoms. The molecule has 0 aromatic heterocycles. The fourth-order valence-electron chi connectivity index (χ4n) is 2.21. The molecule has 2 aromatic carbocycles. The number of sulfonamides is 1. The van der Waals surface area contributed by atoms with Gasteiger partial charge in [-0.15, -0.1) is 0 Å². The van der Waals surface area contributed by atoms with Gasteiger partial charge < -0.3 is 14.8 Å². The lowest BCUT2D eigenvalue weighted by Crippen LogP contribution is -2.32. The normalized spacial score (nSPS) is 11.6. The molecular weight excluding hydrogens is 429 g/mol. The van der Waals surface area contributed by atoms with Crippen LogP contribution in [0.4, 0.5) is 18.9 Å². The van der Waals surface area contributed by atoms with Gasteiger partial charge in [-0.3, -0.25) is 9.59 Å². The van der Waals surface area contributed by atoms with Crippen LogP contribution in [0.15, 0.2) is 53.4 Å². The van der Waals surface area contributed by atoms with Gasteiger partial charge in [-0.05, 0) is 30.3 Å². The lowest BCUT2D eigenvalue weighted by atomic mass is 10.2. The Labute approximate surface area is 170 Å². The summed E-state index contributed by atoms with van der Waals surface area (Å²) in [5, 5.41) is 2.45. The van der Waals surface area contributed by atoms with Gasteiger partial charge in [0.2, 0.25) is 10.0 Å². The zero-order valence-corrected chi connectivity index (χ0v) is 16.3. The van der Waals surface area contributed by atoms with Crippen molar-refractivity contribution in [3.8, 4) is 5.75 Å². The van der Waals surface area contributed by atoms with Crippen molar-refractivity contribution in [2.45, 2.75) is 11.1 Å². The first kappa shape index (κ1) is 23.2. The number of ether oxygens (including phenoxy) is 2. The molecule has 0 fully saturated rings. The van der Waals surface area contributed by atoms with E-state index in [0.29, 0.717) is 23.6 Å². The topological polar surface area (TPSA) is 111 Å². The number of rotatable bonds is 8. The number of methoxy groups -OCH3 is 1. The molecule has 0 unspecified atom stereocenters. The fraction of sp³-hybridized carbons (Fsp3) is 0.222. The maximum absolute atomic E-state index is 12.7. The lowest BCUT2D eigenvalue weighted by Gasteiger charge is -2.11. The standard InChI is InChI=1S/C18H17F3N2O6S/c1-28-15-8-3-2-7-14(15)23-16(24)11-29-17(25)10-22-30(26,27)13-6-4-5-12(9-13)18(19,20)21/h2-9,22H,10-11H2,1H3,(H,23,24). The average Bonchev–Trinajstić information content (AvgIpc) is 2.70. The number of anilines is 1. The Hall–Kier alpha value is -3.12. The summed E-state index contributed by atoms with van der Waals surface area (Å²) in [6.45, 7) is -1.58. The summed E-state index contributed by atoms with van der Waals surface area (Å²) < 4.78 is 73.9. The number of esters is 1. The Balaban J connectivity index is 1.89. The molecule has 0 atom stereocenters. The maximum atomic E-state index is 12.7. The summed E-state index contributed by atoms with van der Waals surface area (Å²) in [5.41, 5.74) is -0.813. The van der Waals surface area contributed by atoms with Gasteiger partial charge in [0.25, 0.3) is 5.91 Å². The number of benzene rings is 2. The number of hydrogen-bond donors (Lipinski definition) is 2. The van der Waals surface area contributed by atoms with Gasteiger partial charge in [0.1, 0.15) is 12.3 Å². The summed E-state index contributed by atoms with van der Waals surface area (Å²) in [7, 11) is -3.00. The van der Waals surface area contributed by atoms with Crippen LogP contribution in [0.2, 0.25) is 0 Å². The summed E-state index contributed by atoms with van der Waals surface area (Å²) in [6, 6.07) is 9.52. The fourth-order valence-corrected chi connectivity index (χ4v) is 3.22. The molecule has 2 N–H and O–H groups in total. The van der Waals surface area contributed by atoms with E-state index < -0.39 is 51.7 Å². The predicted molar refractivity (Wildman–Crippen MR) is 99.2 cm³/mol. The van der Waals surface area contributed by atoms with Gasteiger partial charge in [-0.25, -0.2) is 8.42 Å². The molecule has 0 aliphatic heterocycles. The first-order chi connectivity index (χ1) is 14.0. The van der Waals surface area contributed by atoms with Gasteiger partial charge >= 0.3 is 12.1 Å². The van der Waals surface area contributed by atoms with Crippen LogP contribution in [-0.2, 0) is 30.5 Å². The number of para-hydroxylation sites is 2. The van der Waals surface area contributed by atoms with Crippen molar-refractivity contribution >= 4 is 27.6 Å². The minimum Gasteiger partial charge on any atom is -0.495 e. The number of alkyl halides is 3. The van der Waals surface area contributed by atoms with Crippen molar-refractivity contribution in [1.82, 2.24) is 4.72 Å². The number of nitrogens with one attached hydrogen (secondary N) is 2. The van der Waals surface area contributed by atoms with Crippen molar-refractivity contribution in [2.75, 3.05) is 25.6 Å². The molecule has 1 amide bonds. The van der Waals surface area contributed by atoms with Crippen LogP contribution >= 0.6 is 0 Å².